The molecule has 1 N–H and O–H groups in total. The molecule has 0 aliphatic carbocycles. The van der Waals surface area contributed by atoms with Crippen molar-refractivity contribution in [1.82, 2.24) is 20.0 Å². The van der Waals surface area contributed by atoms with Gasteiger partial charge in [-0.25, -0.2) is 4.99 Å². The van der Waals surface area contributed by atoms with Gasteiger partial charge in [-0.15, -0.1) is 35.7 Å². The lowest BCUT2D eigenvalue weighted by Gasteiger charge is -2.24. The topological polar surface area (TPSA) is 51.2 Å². The van der Waals surface area contributed by atoms with Gasteiger partial charge in [-0.3, -0.25) is 4.79 Å². The lowest BCUT2D eigenvalue weighted by atomic mass is 10.1. The van der Waals surface area contributed by atoms with Crippen LogP contribution in [-0.2, 0) is 4.79 Å². The highest BCUT2D eigenvalue weighted by Gasteiger charge is 2.26. The molecule has 1 atom stereocenters. The number of hydrogen-bond donors (Lipinski definition) is 1. The predicted molar refractivity (Wildman–Crippen MR) is 139 cm³/mol. The van der Waals surface area contributed by atoms with Crippen LogP contribution in [0.1, 0.15) is 20.3 Å². The molecule has 1 heterocycles. The first kappa shape index (κ1) is 27.0. The molecule has 1 aromatic carbocycles. The summed E-state index contributed by atoms with van der Waals surface area (Å²) in [7, 11) is 3.55. The van der Waals surface area contributed by atoms with Crippen LogP contribution in [-0.4, -0.2) is 92.2 Å². The standard InChI is InChI=1S/C22H37N5OS.HI/c1-5-26(6-2)17-19-12-14-27(18-19)22(24-16-21(28)25(3)4)23-13-15-29-20-10-8-7-9-11-20;/h7-11,19H,5-6,12-18H2,1-4H3,(H,23,24);1H. The number of halogens is 1. The van der Waals surface area contributed by atoms with Crippen molar-refractivity contribution in [1.29, 1.82) is 0 Å². The molecule has 2 rings (SSSR count). The second-order valence-corrected chi connectivity index (χ2v) is 8.77. The van der Waals surface area contributed by atoms with Crippen molar-refractivity contribution >= 4 is 47.6 Å². The van der Waals surface area contributed by atoms with Crippen molar-refractivity contribution in [2.24, 2.45) is 10.9 Å². The van der Waals surface area contributed by atoms with Crippen molar-refractivity contribution in [2.75, 3.05) is 65.7 Å². The molecule has 1 aliphatic heterocycles. The zero-order valence-electron chi connectivity index (χ0n) is 18.8. The zero-order valence-corrected chi connectivity index (χ0v) is 22.0. The molecule has 0 radical (unpaired) electrons. The summed E-state index contributed by atoms with van der Waals surface area (Å²) >= 11 is 1.83. The van der Waals surface area contributed by atoms with Gasteiger partial charge in [0.1, 0.15) is 6.54 Å². The molecular weight excluding hydrogens is 509 g/mol. The molecular formula is C22H38IN5OS. The second-order valence-electron chi connectivity index (χ2n) is 7.60. The van der Waals surface area contributed by atoms with Gasteiger partial charge in [-0.2, -0.15) is 0 Å². The lowest BCUT2D eigenvalue weighted by Crippen LogP contribution is -2.42. The number of guanidine groups is 1. The fourth-order valence-corrected chi connectivity index (χ4v) is 4.21. The van der Waals surface area contributed by atoms with Gasteiger partial charge in [0.25, 0.3) is 0 Å². The fourth-order valence-electron chi connectivity index (χ4n) is 3.42. The van der Waals surface area contributed by atoms with Crippen LogP contribution < -0.4 is 5.32 Å². The molecule has 30 heavy (non-hydrogen) atoms. The van der Waals surface area contributed by atoms with Crippen LogP contribution in [0.4, 0.5) is 0 Å². The van der Waals surface area contributed by atoms with E-state index in [0.29, 0.717) is 5.92 Å². The van der Waals surface area contributed by atoms with E-state index in [4.69, 9.17) is 0 Å². The van der Waals surface area contributed by atoms with Crippen molar-refractivity contribution in [3.63, 3.8) is 0 Å². The molecule has 1 aromatic rings. The number of aliphatic imine (C=N–C) groups is 1. The summed E-state index contributed by atoms with van der Waals surface area (Å²) in [5, 5.41) is 3.50. The average Bonchev–Trinajstić information content (AvgIpc) is 3.20. The lowest BCUT2D eigenvalue weighted by molar-refractivity contribution is -0.127. The Balaban J connectivity index is 0.00000450. The Morgan fingerprint density at radius 2 is 1.93 bits per heavy atom. The number of likely N-dealkylation sites (N-methyl/N-ethyl adjacent to an activating group) is 1. The van der Waals surface area contributed by atoms with Gasteiger partial charge in [0.15, 0.2) is 5.96 Å². The molecule has 1 aliphatic rings. The van der Waals surface area contributed by atoms with E-state index in [2.05, 4.69) is 58.2 Å². The van der Waals surface area contributed by atoms with Crippen LogP contribution >= 0.6 is 35.7 Å². The molecule has 6 nitrogen and oxygen atoms in total. The minimum atomic E-state index is 0. The van der Waals surface area contributed by atoms with Crippen LogP contribution in [0, 0.1) is 5.92 Å². The normalized spacial score (nSPS) is 16.5. The first-order valence-electron chi connectivity index (χ1n) is 10.7. The number of benzene rings is 1. The highest BCUT2D eigenvalue weighted by atomic mass is 127. The third-order valence-electron chi connectivity index (χ3n) is 5.26. The first-order chi connectivity index (χ1) is 14.0. The summed E-state index contributed by atoms with van der Waals surface area (Å²) in [6.07, 6.45) is 1.18. The maximum atomic E-state index is 12.0. The molecule has 0 bridgehead atoms. The fraction of sp³-hybridized carbons (Fsp3) is 0.636. The summed E-state index contributed by atoms with van der Waals surface area (Å²) in [6.45, 7) is 10.8. The number of likely N-dealkylation sites (tertiary alicyclic amines) is 1. The van der Waals surface area contributed by atoms with Crippen LogP contribution in [0.3, 0.4) is 0 Å². The quantitative estimate of drug-likeness (QED) is 0.161. The smallest absolute Gasteiger partial charge is 0.243 e. The number of thioether (sulfide) groups is 1. The van der Waals surface area contributed by atoms with Crippen molar-refractivity contribution < 1.29 is 4.79 Å². The van der Waals surface area contributed by atoms with E-state index in [1.807, 2.05) is 17.8 Å². The van der Waals surface area contributed by atoms with Gasteiger partial charge in [-0.1, -0.05) is 32.0 Å². The maximum Gasteiger partial charge on any atom is 0.243 e. The Morgan fingerprint density at radius 3 is 2.57 bits per heavy atom. The van der Waals surface area contributed by atoms with Gasteiger partial charge in [-0.05, 0) is 37.6 Å². The monoisotopic (exact) mass is 547 g/mol. The van der Waals surface area contributed by atoms with E-state index in [1.165, 1.54) is 11.3 Å². The third kappa shape index (κ3) is 9.43. The predicted octanol–water partition coefficient (Wildman–Crippen LogP) is 3.09. The molecule has 0 spiro atoms. The van der Waals surface area contributed by atoms with E-state index < -0.39 is 0 Å². The molecule has 1 unspecified atom stereocenters. The Labute approximate surface area is 203 Å². The second kappa shape index (κ2) is 14.9. The van der Waals surface area contributed by atoms with Gasteiger partial charge in [0.05, 0.1) is 0 Å². The number of hydrogen-bond acceptors (Lipinski definition) is 4. The van der Waals surface area contributed by atoms with Crippen LogP contribution in [0.5, 0.6) is 0 Å². The van der Waals surface area contributed by atoms with Gasteiger partial charge in [0, 0.05) is 50.9 Å². The molecule has 1 fully saturated rings. The van der Waals surface area contributed by atoms with Crippen LogP contribution in [0.15, 0.2) is 40.2 Å². The first-order valence-corrected chi connectivity index (χ1v) is 11.7. The summed E-state index contributed by atoms with van der Waals surface area (Å²) in [6, 6.07) is 10.4. The zero-order chi connectivity index (χ0) is 21.1. The Bertz CT molecular complexity index is 640. The summed E-state index contributed by atoms with van der Waals surface area (Å²) < 4.78 is 0. The molecule has 1 amide bonds. The molecule has 170 valence electrons. The summed E-state index contributed by atoms with van der Waals surface area (Å²) in [5.41, 5.74) is 0. The third-order valence-corrected chi connectivity index (χ3v) is 6.27. The van der Waals surface area contributed by atoms with Crippen molar-refractivity contribution in [3.05, 3.63) is 30.3 Å². The van der Waals surface area contributed by atoms with Gasteiger partial charge < -0.3 is 20.0 Å². The van der Waals surface area contributed by atoms with E-state index in [-0.39, 0.29) is 36.4 Å². The molecule has 0 saturated carbocycles. The number of nitrogens with zero attached hydrogens (tertiary/aromatic N) is 4. The van der Waals surface area contributed by atoms with Crippen LogP contribution in [0.2, 0.25) is 0 Å². The SMILES string of the molecule is CCN(CC)CC1CCN(C(=NCC(=O)N(C)C)NCCSc2ccccc2)C1.I. The number of carbonyl (C=O) groups is 1. The van der Waals surface area contributed by atoms with Crippen molar-refractivity contribution in [2.45, 2.75) is 25.2 Å². The van der Waals surface area contributed by atoms with E-state index in [1.54, 1.807) is 19.0 Å². The van der Waals surface area contributed by atoms with Gasteiger partial charge in [0.2, 0.25) is 5.91 Å². The molecule has 0 aromatic heterocycles. The summed E-state index contributed by atoms with van der Waals surface area (Å²) in [4.78, 5) is 24.4. The van der Waals surface area contributed by atoms with Gasteiger partial charge >= 0.3 is 0 Å². The molecule has 1 saturated heterocycles. The minimum absolute atomic E-state index is 0. The highest BCUT2D eigenvalue weighted by molar-refractivity contribution is 14.0. The Morgan fingerprint density at radius 1 is 1.23 bits per heavy atom. The van der Waals surface area contributed by atoms with E-state index >= 15 is 0 Å². The maximum absolute atomic E-state index is 12.0. The van der Waals surface area contributed by atoms with E-state index in [0.717, 1.165) is 51.0 Å². The Hall–Kier alpha value is -1.000. The largest absolute Gasteiger partial charge is 0.355 e. The van der Waals surface area contributed by atoms with Crippen LogP contribution in [0.25, 0.3) is 0 Å². The average molecular weight is 548 g/mol. The number of rotatable bonds is 10. The summed E-state index contributed by atoms with van der Waals surface area (Å²) in [5.74, 6) is 2.52. The number of nitrogens with one attached hydrogen (secondary N) is 1. The minimum Gasteiger partial charge on any atom is -0.355 e. The number of amides is 1. The molecule has 8 heteroatoms. The highest BCUT2D eigenvalue weighted by Crippen LogP contribution is 2.18. The van der Waals surface area contributed by atoms with Crippen molar-refractivity contribution in [3.8, 4) is 0 Å². The van der Waals surface area contributed by atoms with E-state index in [9.17, 15) is 4.79 Å². The number of carbonyl (C=O) groups excluding carboxylic acids is 1. The Kier molecular flexibility index (Phi) is 13.4.